The van der Waals surface area contributed by atoms with Gasteiger partial charge in [-0.15, -0.1) is 11.3 Å². The first kappa shape index (κ1) is 19.8. The summed E-state index contributed by atoms with van der Waals surface area (Å²) in [5.74, 6) is -0.0554. The minimum Gasteiger partial charge on any atom is -0.353 e. The highest BCUT2D eigenvalue weighted by Gasteiger charge is 2.18. The molecule has 1 aliphatic carbocycles. The van der Waals surface area contributed by atoms with Crippen LogP contribution in [0, 0.1) is 6.92 Å². The van der Waals surface area contributed by atoms with Crippen molar-refractivity contribution in [2.75, 3.05) is 4.72 Å². The molecule has 27 heavy (non-hydrogen) atoms. The van der Waals surface area contributed by atoms with E-state index < -0.39 is 10.0 Å². The van der Waals surface area contributed by atoms with Crippen molar-refractivity contribution >= 4 is 32.4 Å². The summed E-state index contributed by atoms with van der Waals surface area (Å²) in [6, 6.07) is 6.87. The lowest BCUT2D eigenvalue weighted by molar-refractivity contribution is -0.121. The molecule has 0 radical (unpaired) electrons. The maximum Gasteiger partial charge on any atom is 0.263 e. The highest BCUT2D eigenvalue weighted by Crippen LogP contribution is 2.21. The summed E-state index contributed by atoms with van der Waals surface area (Å²) >= 11 is 1.18. The molecule has 1 aromatic carbocycles. The molecule has 1 saturated carbocycles. The normalized spacial score (nSPS) is 15.9. The number of amides is 1. The Bertz CT molecular complexity index is 868. The van der Waals surface area contributed by atoms with Crippen molar-refractivity contribution in [1.82, 2.24) is 10.3 Å². The standard InChI is InChI=1S/C19H25N3O3S2/c1-14-8-10-17(11-9-14)27(24,25)22-19-21-16(13-26-19)12-18(23)20-15-6-4-2-3-5-7-15/h8-11,13,15H,2-7,12H2,1H3,(H,20,23)(H,21,22). The molecule has 1 heterocycles. The van der Waals surface area contributed by atoms with Gasteiger partial charge in [-0.2, -0.15) is 0 Å². The van der Waals surface area contributed by atoms with Crippen LogP contribution in [0.4, 0.5) is 5.13 Å². The second-order valence-corrected chi connectivity index (χ2v) is 9.54. The zero-order valence-electron chi connectivity index (χ0n) is 15.4. The first-order chi connectivity index (χ1) is 12.9. The molecule has 0 aliphatic heterocycles. The third-order valence-corrected chi connectivity index (χ3v) is 6.96. The molecule has 1 amide bonds. The molecule has 1 aromatic heterocycles. The minimum absolute atomic E-state index is 0.0554. The number of nitrogens with zero attached hydrogens (tertiary/aromatic N) is 1. The number of aryl methyl sites for hydroxylation is 1. The molecule has 0 saturated heterocycles. The van der Waals surface area contributed by atoms with Crippen LogP contribution in [0.5, 0.6) is 0 Å². The largest absolute Gasteiger partial charge is 0.353 e. The van der Waals surface area contributed by atoms with Crippen LogP contribution in [0.15, 0.2) is 34.5 Å². The molecule has 2 aromatic rings. The third kappa shape index (κ3) is 5.77. The van der Waals surface area contributed by atoms with Crippen molar-refractivity contribution in [1.29, 1.82) is 0 Å². The van der Waals surface area contributed by atoms with Gasteiger partial charge in [0.2, 0.25) is 5.91 Å². The van der Waals surface area contributed by atoms with E-state index in [0.29, 0.717) is 5.69 Å². The number of thiazole rings is 1. The molecule has 146 valence electrons. The average molecular weight is 408 g/mol. The van der Waals surface area contributed by atoms with Gasteiger partial charge >= 0.3 is 0 Å². The number of benzene rings is 1. The molecule has 2 N–H and O–H groups in total. The van der Waals surface area contributed by atoms with Gasteiger partial charge in [0, 0.05) is 11.4 Å². The Labute approximate surface area is 164 Å². The van der Waals surface area contributed by atoms with E-state index in [0.717, 1.165) is 31.2 Å². The van der Waals surface area contributed by atoms with Crippen molar-refractivity contribution in [3.8, 4) is 0 Å². The van der Waals surface area contributed by atoms with Crippen LogP contribution in [0.3, 0.4) is 0 Å². The fourth-order valence-electron chi connectivity index (χ4n) is 3.19. The van der Waals surface area contributed by atoms with Gasteiger partial charge in [0.25, 0.3) is 10.0 Å². The smallest absolute Gasteiger partial charge is 0.263 e. The van der Waals surface area contributed by atoms with Crippen LogP contribution in [-0.2, 0) is 21.2 Å². The fourth-order valence-corrected chi connectivity index (χ4v) is 5.16. The second kappa shape index (κ2) is 8.84. The van der Waals surface area contributed by atoms with Gasteiger partial charge in [-0.1, -0.05) is 43.4 Å². The van der Waals surface area contributed by atoms with Crippen molar-refractivity contribution in [2.45, 2.75) is 62.8 Å². The number of sulfonamides is 1. The second-order valence-electron chi connectivity index (χ2n) is 7.00. The number of carbonyl (C=O) groups excluding carboxylic acids is 1. The Kier molecular flexibility index (Phi) is 6.49. The average Bonchev–Trinajstić information content (AvgIpc) is 2.88. The number of nitrogens with one attached hydrogen (secondary N) is 2. The fraction of sp³-hybridized carbons (Fsp3) is 0.474. The molecule has 0 unspecified atom stereocenters. The van der Waals surface area contributed by atoms with Crippen molar-refractivity contribution in [3.63, 3.8) is 0 Å². The van der Waals surface area contributed by atoms with Gasteiger partial charge < -0.3 is 5.32 Å². The number of anilines is 1. The lowest BCUT2D eigenvalue weighted by Crippen LogP contribution is -2.35. The first-order valence-electron chi connectivity index (χ1n) is 9.26. The topological polar surface area (TPSA) is 88.2 Å². The SMILES string of the molecule is Cc1ccc(S(=O)(=O)Nc2nc(CC(=O)NC3CCCCCC3)cs2)cc1. The van der Waals surface area contributed by atoms with Crippen LogP contribution in [-0.4, -0.2) is 25.4 Å². The van der Waals surface area contributed by atoms with Gasteiger partial charge in [0.15, 0.2) is 5.13 Å². The molecule has 1 aliphatic rings. The van der Waals surface area contributed by atoms with E-state index in [4.69, 9.17) is 0 Å². The maximum atomic E-state index is 12.4. The lowest BCUT2D eigenvalue weighted by atomic mass is 10.1. The number of hydrogen-bond acceptors (Lipinski definition) is 5. The van der Waals surface area contributed by atoms with Gasteiger partial charge in [0.05, 0.1) is 17.0 Å². The predicted octanol–water partition coefficient (Wildman–Crippen LogP) is 3.63. The monoisotopic (exact) mass is 407 g/mol. The van der Waals surface area contributed by atoms with E-state index in [1.807, 2.05) is 6.92 Å². The number of carbonyl (C=O) groups is 1. The van der Waals surface area contributed by atoms with Gasteiger partial charge in [0.1, 0.15) is 0 Å². The number of aromatic nitrogens is 1. The van der Waals surface area contributed by atoms with Gasteiger partial charge in [-0.25, -0.2) is 13.4 Å². The molecule has 0 spiro atoms. The van der Waals surface area contributed by atoms with E-state index in [9.17, 15) is 13.2 Å². The molecular weight excluding hydrogens is 382 g/mol. The zero-order chi connectivity index (χ0) is 19.3. The Hall–Kier alpha value is -1.93. The Morgan fingerprint density at radius 3 is 2.48 bits per heavy atom. The third-order valence-electron chi connectivity index (χ3n) is 4.67. The zero-order valence-corrected chi connectivity index (χ0v) is 17.0. The van der Waals surface area contributed by atoms with Crippen molar-refractivity contribution in [2.24, 2.45) is 0 Å². The Balaban J connectivity index is 1.57. The molecule has 6 nitrogen and oxygen atoms in total. The molecule has 0 bridgehead atoms. The first-order valence-corrected chi connectivity index (χ1v) is 11.6. The minimum atomic E-state index is -3.67. The Morgan fingerprint density at radius 1 is 1.15 bits per heavy atom. The summed E-state index contributed by atoms with van der Waals surface area (Å²) in [5.41, 5.74) is 1.57. The number of rotatable bonds is 6. The summed E-state index contributed by atoms with van der Waals surface area (Å²) in [5, 5.41) is 5.08. The van der Waals surface area contributed by atoms with Crippen molar-refractivity contribution < 1.29 is 13.2 Å². The highest BCUT2D eigenvalue weighted by molar-refractivity contribution is 7.93. The van der Waals surface area contributed by atoms with Crippen LogP contribution >= 0.6 is 11.3 Å². The summed E-state index contributed by atoms with van der Waals surface area (Å²) in [6.45, 7) is 1.90. The molecule has 8 heteroatoms. The van der Waals surface area contributed by atoms with E-state index in [1.54, 1.807) is 29.6 Å². The number of hydrogen-bond donors (Lipinski definition) is 2. The molecule has 0 atom stereocenters. The molecule has 1 fully saturated rings. The van der Waals surface area contributed by atoms with Gasteiger partial charge in [-0.3, -0.25) is 9.52 Å². The van der Waals surface area contributed by atoms with Crippen LogP contribution < -0.4 is 10.0 Å². The van der Waals surface area contributed by atoms with Crippen LogP contribution in [0.1, 0.15) is 49.8 Å². The van der Waals surface area contributed by atoms with E-state index in [1.165, 1.54) is 24.2 Å². The predicted molar refractivity (Wildman–Crippen MR) is 107 cm³/mol. The van der Waals surface area contributed by atoms with Crippen LogP contribution in [0.25, 0.3) is 0 Å². The van der Waals surface area contributed by atoms with Gasteiger partial charge in [-0.05, 0) is 31.9 Å². The summed E-state index contributed by atoms with van der Waals surface area (Å²) in [4.78, 5) is 16.7. The molecule has 3 rings (SSSR count). The highest BCUT2D eigenvalue weighted by atomic mass is 32.2. The van der Waals surface area contributed by atoms with E-state index in [-0.39, 0.29) is 28.4 Å². The van der Waals surface area contributed by atoms with Crippen molar-refractivity contribution in [3.05, 3.63) is 40.9 Å². The maximum absolute atomic E-state index is 12.4. The van der Waals surface area contributed by atoms with Crippen LogP contribution in [0.2, 0.25) is 0 Å². The quantitative estimate of drug-likeness (QED) is 0.716. The Morgan fingerprint density at radius 2 is 1.81 bits per heavy atom. The van der Waals surface area contributed by atoms with E-state index in [2.05, 4.69) is 15.0 Å². The summed E-state index contributed by atoms with van der Waals surface area (Å²) in [6.07, 6.45) is 7.03. The molecular formula is C19H25N3O3S2. The summed E-state index contributed by atoms with van der Waals surface area (Å²) < 4.78 is 27.3. The lowest BCUT2D eigenvalue weighted by Gasteiger charge is -2.15. The summed E-state index contributed by atoms with van der Waals surface area (Å²) in [7, 11) is -3.67. The van der Waals surface area contributed by atoms with E-state index >= 15 is 0 Å².